The van der Waals surface area contributed by atoms with E-state index >= 15 is 0 Å². The van der Waals surface area contributed by atoms with Gasteiger partial charge in [0.1, 0.15) is 5.69 Å². The number of hydrogen-bond donors (Lipinski definition) is 1. The molecule has 17 heavy (non-hydrogen) atoms. The van der Waals surface area contributed by atoms with Crippen LogP contribution < -0.4 is 5.32 Å². The Kier molecular flexibility index (Phi) is 3.87. The van der Waals surface area contributed by atoms with Gasteiger partial charge in [0, 0.05) is 6.54 Å². The average Bonchev–Trinajstić information content (AvgIpc) is 2.77. The summed E-state index contributed by atoms with van der Waals surface area (Å²) in [6.45, 7) is 2.04. The van der Waals surface area contributed by atoms with Crippen molar-refractivity contribution in [2.45, 2.75) is 19.4 Å². The first kappa shape index (κ1) is 11.8. The molecule has 0 atom stereocenters. The molecule has 0 unspecified atom stereocenters. The molecule has 0 aromatic carbocycles. The molecule has 0 bridgehead atoms. The average molecular weight is 236 g/mol. The van der Waals surface area contributed by atoms with E-state index in [0.29, 0.717) is 0 Å². The van der Waals surface area contributed by atoms with Crippen LogP contribution in [0.4, 0.5) is 0 Å². The van der Waals surface area contributed by atoms with E-state index in [0.717, 1.165) is 31.6 Å². The summed E-state index contributed by atoms with van der Waals surface area (Å²) in [6.07, 6.45) is 5.93. The zero-order chi connectivity index (χ0) is 12.1. The van der Waals surface area contributed by atoms with Crippen molar-refractivity contribution in [1.29, 1.82) is 0 Å². The highest BCUT2D eigenvalue weighted by Gasteiger charge is 2.07. The maximum absolute atomic E-state index is 11.0. The number of rotatable bonds is 3. The van der Waals surface area contributed by atoms with E-state index in [1.54, 1.807) is 6.20 Å². The Morgan fingerprint density at radius 3 is 3.29 bits per heavy atom. The Labute approximate surface area is 99.6 Å². The number of aromatic nitrogens is 3. The molecular weight excluding hydrogens is 220 g/mol. The molecule has 0 aliphatic carbocycles. The summed E-state index contributed by atoms with van der Waals surface area (Å²) in [5.41, 5.74) is 2.11. The van der Waals surface area contributed by atoms with Crippen molar-refractivity contribution < 1.29 is 9.53 Å². The number of nitrogens with zero attached hydrogens (tertiary/aromatic N) is 3. The lowest BCUT2D eigenvalue weighted by Crippen LogP contribution is -2.23. The van der Waals surface area contributed by atoms with E-state index in [4.69, 9.17) is 0 Å². The van der Waals surface area contributed by atoms with Crippen LogP contribution in [0.1, 0.15) is 18.5 Å². The molecule has 1 aromatic heterocycles. The standard InChI is InChI=1S/C11H16N4O2/c1-17-11(16)8-15-13-7-10(14-15)5-9-3-2-4-12-6-9/h5,7,12H,2-4,6,8H2,1H3. The first-order valence-corrected chi connectivity index (χ1v) is 5.65. The largest absolute Gasteiger partial charge is 0.468 e. The first-order chi connectivity index (χ1) is 8.28. The quantitative estimate of drug-likeness (QED) is 0.760. The third-order valence-corrected chi connectivity index (χ3v) is 2.61. The summed E-state index contributed by atoms with van der Waals surface area (Å²) in [7, 11) is 1.35. The summed E-state index contributed by atoms with van der Waals surface area (Å²) < 4.78 is 4.55. The normalized spacial score (nSPS) is 18.3. The van der Waals surface area contributed by atoms with Crippen molar-refractivity contribution in [3.8, 4) is 0 Å². The van der Waals surface area contributed by atoms with Gasteiger partial charge in [-0.15, -0.1) is 0 Å². The Morgan fingerprint density at radius 2 is 2.59 bits per heavy atom. The molecule has 1 aliphatic heterocycles. The monoisotopic (exact) mass is 236 g/mol. The Morgan fingerprint density at radius 1 is 1.71 bits per heavy atom. The summed E-state index contributed by atoms with van der Waals surface area (Å²) in [4.78, 5) is 12.4. The first-order valence-electron chi connectivity index (χ1n) is 5.65. The summed E-state index contributed by atoms with van der Waals surface area (Å²) in [5.74, 6) is -0.348. The van der Waals surface area contributed by atoms with Gasteiger partial charge in [0.05, 0.1) is 13.3 Å². The van der Waals surface area contributed by atoms with Crippen LogP contribution in [0.3, 0.4) is 0 Å². The minimum absolute atomic E-state index is 0.0535. The SMILES string of the molecule is COC(=O)Cn1ncc(C=C2CCCNC2)n1. The molecule has 92 valence electrons. The molecule has 0 radical (unpaired) electrons. The lowest BCUT2D eigenvalue weighted by Gasteiger charge is -2.14. The van der Waals surface area contributed by atoms with Crippen molar-refractivity contribution >= 4 is 12.0 Å². The maximum Gasteiger partial charge on any atom is 0.329 e. The van der Waals surface area contributed by atoms with Gasteiger partial charge in [-0.3, -0.25) is 0 Å². The highest BCUT2D eigenvalue weighted by atomic mass is 16.5. The van der Waals surface area contributed by atoms with E-state index in [9.17, 15) is 4.79 Å². The second-order valence-corrected chi connectivity index (χ2v) is 3.96. The maximum atomic E-state index is 11.0. The van der Waals surface area contributed by atoms with Gasteiger partial charge in [-0.05, 0) is 25.5 Å². The summed E-state index contributed by atoms with van der Waals surface area (Å²) in [5, 5.41) is 11.5. The lowest BCUT2D eigenvalue weighted by atomic mass is 10.1. The van der Waals surface area contributed by atoms with Crippen LogP contribution in [0.5, 0.6) is 0 Å². The van der Waals surface area contributed by atoms with Crippen molar-refractivity contribution in [3.63, 3.8) is 0 Å². The van der Waals surface area contributed by atoms with Gasteiger partial charge in [0.2, 0.25) is 0 Å². The van der Waals surface area contributed by atoms with E-state index in [1.807, 2.05) is 6.08 Å². The van der Waals surface area contributed by atoms with Gasteiger partial charge in [-0.1, -0.05) is 5.57 Å². The summed E-state index contributed by atoms with van der Waals surface area (Å²) >= 11 is 0. The molecular formula is C11H16N4O2. The van der Waals surface area contributed by atoms with Crippen LogP contribution in [-0.4, -0.2) is 41.2 Å². The highest BCUT2D eigenvalue weighted by molar-refractivity contribution is 5.68. The molecule has 1 fully saturated rings. The fourth-order valence-corrected chi connectivity index (χ4v) is 1.74. The number of nitrogens with one attached hydrogen (secondary N) is 1. The predicted molar refractivity (Wildman–Crippen MR) is 62.1 cm³/mol. The third kappa shape index (κ3) is 3.39. The van der Waals surface area contributed by atoms with E-state index in [2.05, 4.69) is 20.3 Å². The molecule has 6 nitrogen and oxygen atoms in total. The second-order valence-electron chi connectivity index (χ2n) is 3.96. The molecule has 1 aromatic rings. The Hall–Kier alpha value is -1.69. The van der Waals surface area contributed by atoms with Crippen LogP contribution in [0, 0.1) is 0 Å². The van der Waals surface area contributed by atoms with Gasteiger partial charge in [-0.2, -0.15) is 15.0 Å². The third-order valence-electron chi connectivity index (χ3n) is 2.61. The molecule has 0 saturated carbocycles. The Balaban J connectivity index is 2.00. The topological polar surface area (TPSA) is 69.0 Å². The molecule has 1 saturated heterocycles. The van der Waals surface area contributed by atoms with Crippen LogP contribution in [-0.2, 0) is 16.1 Å². The zero-order valence-corrected chi connectivity index (χ0v) is 9.85. The fraction of sp³-hybridized carbons (Fsp3) is 0.545. The van der Waals surface area contributed by atoms with Crippen molar-refractivity contribution in [1.82, 2.24) is 20.3 Å². The number of ether oxygens (including phenoxy) is 1. The minimum atomic E-state index is -0.348. The molecule has 0 spiro atoms. The molecule has 0 amide bonds. The molecule has 1 N–H and O–H groups in total. The van der Waals surface area contributed by atoms with Gasteiger partial charge < -0.3 is 10.1 Å². The number of methoxy groups -OCH3 is 1. The number of hydrogen-bond acceptors (Lipinski definition) is 5. The Bertz CT molecular complexity index is 417. The molecule has 2 heterocycles. The smallest absolute Gasteiger partial charge is 0.329 e. The van der Waals surface area contributed by atoms with Crippen LogP contribution in [0.2, 0.25) is 0 Å². The number of piperidine rings is 1. The van der Waals surface area contributed by atoms with E-state index in [-0.39, 0.29) is 12.5 Å². The van der Waals surface area contributed by atoms with Crippen LogP contribution in [0.15, 0.2) is 11.8 Å². The van der Waals surface area contributed by atoms with Crippen LogP contribution in [0.25, 0.3) is 6.08 Å². The zero-order valence-electron chi connectivity index (χ0n) is 9.85. The molecule has 1 aliphatic rings. The number of carbonyl (C=O) groups excluding carboxylic acids is 1. The van der Waals surface area contributed by atoms with Gasteiger partial charge >= 0.3 is 5.97 Å². The van der Waals surface area contributed by atoms with Crippen molar-refractivity contribution in [2.24, 2.45) is 0 Å². The number of carbonyl (C=O) groups is 1. The summed E-state index contributed by atoms with van der Waals surface area (Å²) in [6, 6.07) is 0. The van der Waals surface area contributed by atoms with E-state index in [1.165, 1.54) is 17.5 Å². The van der Waals surface area contributed by atoms with Crippen molar-refractivity contribution in [2.75, 3.05) is 20.2 Å². The van der Waals surface area contributed by atoms with Gasteiger partial charge in [-0.25, -0.2) is 4.79 Å². The number of esters is 1. The lowest BCUT2D eigenvalue weighted by molar-refractivity contribution is -0.141. The fourth-order valence-electron chi connectivity index (χ4n) is 1.74. The highest BCUT2D eigenvalue weighted by Crippen LogP contribution is 2.11. The minimum Gasteiger partial charge on any atom is -0.468 e. The second kappa shape index (κ2) is 5.58. The predicted octanol–water partition coefficient (Wildman–Crippen LogP) is 0.218. The van der Waals surface area contributed by atoms with Gasteiger partial charge in [0.15, 0.2) is 6.54 Å². The van der Waals surface area contributed by atoms with E-state index < -0.39 is 0 Å². The van der Waals surface area contributed by atoms with Crippen molar-refractivity contribution in [3.05, 3.63) is 17.5 Å². The van der Waals surface area contributed by atoms with Crippen LogP contribution >= 0.6 is 0 Å². The van der Waals surface area contributed by atoms with Gasteiger partial charge in [0.25, 0.3) is 0 Å². The molecule has 6 heteroatoms. The molecule has 2 rings (SSSR count).